The molecule has 1 aromatic rings. The van der Waals surface area contributed by atoms with Gasteiger partial charge in [-0.25, -0.2) is 0 Å². The molecular weight excluding hydrogens is 528 g/mol. The van der Waals surface area contributed by atoms with Crippen LogP contribution in [-0.4, -0.2) is 62.7 Å². The highest BCUT2D eigenvalue weighted by Crippen LogP contribution is 2.65. The number of carbonyl (C=O) groups is 5. The predicted molar refractivity (Wildman–Crippen MR) is 148 cm³/mol. The number of aliphatic hydroxyl groups is 2. The number of esters is 1. The summed E-state index contributed by atoms with van der Waals surface area (Å²) >= 11 is 0. The summed E-state index contributed by atoms with van der Waals surface area (Å²) in [6, 6.07) is 3.32. The second-order valence-corrected chi connectivity index (χ2v) is 12.5. The van der Waals surface area contributed by atoms with Gasteiger partial charge in [-0.3, -0.25) is 24.0 Å². The molecule has 0 saturated heterocycles. The molecule has 4 rings (SSSR count). The highest BCUT2D eigenvalue weighted by atomic mass is 16.5. The number of carbonyl (C=O) groups excluding carboxylic acids is 5. The maximum Gasteiger partial charge on any atom is 0.309 e. The molecule has 1 aromatic carbocycles. The van der Waals surface area contributed by atoms with E-state index >= 15 is 0 Å². The third-order valence-corrected chi connectivity index (χ3v) is 10.2. The molecule has 7 atom stereocenters. The number of aliphatic hydroxyl groups excluding tert-OH is 1. The summed E-state index contributed by atoms with van der Waals surface area (Å²) in [5.74, 6) is -7.25. The van der Waals surface area contributed by atoms with Gasteiger partial charge in [0.25, 0.3) is 0 Å². The topological polar surface area (TPSA) is 155 Å². The molecule has 0 amide bonds. The number of Topliss-reactive ketones (excluding diaryl/α,β-unsaturated/α-hetero) is 4. The average molecular weight is 569 g/mol. The van der Waals surface area contributed by atoms with Gasteiger partial charge in [0.05, 0.1) is 35.7 Å². The first-order valence-electron chi connectivity index (χ1n) is 14.3. The quantitative estimate of drug-likeness (QED) is 0.255. The highest BCUT2D eigenvalue weighted by molar-refractivity contribution is 6.33. The van der Waals surface area contributed by atoms with Crippen LogP contribution in [0.3, 0.4) is 0 Å². The van der Waals surface area contributed by atoms with Gasteiger partial charge in [-0.15, -0.1) is 0 Å². The summed E-state index contributed by atoms with van der Waals surface area (Å²) in [6.07, 6.45) is -0.284. The zero-order valence-electron chi connectivity index (χ0n) is 24.8. The normalized spacial score (nSPS) is 33.6. The van der Waals surface area contributed by atoms with Crippen molar-refractivity contribution in [2.24, 2.45) is 22.7 Å². The lowest BCUT2D eigenvalue weighted by molar-refractivity contribution is -0.217. The summed E-state index contributed by atoms with van der Waals surface area (Å²) in [6.45, 7) is 11.4. The molecule has 222 valence electrons. The minimum absolute atomic E-state index is 0.0933. The zero-order valence-corrected chi connectivity index (χ0v) is 24.8. The summed E-state index contributed by atoms with van der Waals surface area (Å²) < 4.78 is 5.20. The minimum atomic E-state index is -2.81. The number of hydrogen-bond acceptors (Lipinski definition) is 9. The van der Waals surface area contributed by atoms with Crippen LogP contribution in [0.1, 0.15) is 95.1 Å². The summed E-state index contributed by atoms with van der Waals surface area (Å²) in [4.78, 5) is 67.1. The minimum Gasteiger partial charge on any atom is -0.507 e. The number of ketones is 4. The van der Waals surface area contributed by atoms with Crippen LogP contribution in [0.4, 0.5) is 0 Å². The number of phenolic OH excluding ortho intramolecular Hbond substituents is 1. The molecule has 0 bridgehead atoms. The number of allylic oxidation sites excluding steroid dienone is 1. The molecule has 0 heterocycles. The Labute approximate surface area is 240 Å². The van der Waals surface area contributed by atoms with Crippen molar-refractivity contribution in [2.45, 2.75) is 91.8 Å². The van der Waals surface area contributed by atoms with Crippen molar-refractivity contribution in [3.05, 3.63) is 40.0 Å². The van der Waals surface area contributed by atoms with Crippen LogP contribution in [0.15, 0.2) is 23.3 Å². The summed E-state index contributed by atoms with van der Waals surface area (Å²) in [5.41, 5.74) is -5.23. The Kier molecular flexibility index (Phi) is 7.72. The Bertz CT molecular complexity index is 1390. The molecular formula is C32H40O9. The van der Waals surface area contributed by atoms with Crippen LogP contribution < -0.4 is 0 Å². The van der Waals surface area contributed by atoms with Crippen molar-refractivity contribution in [3.8, 4) is 5.75 Å². The maximum absolute atomic E-state index is 14.3. The van der Waals surface area contributed by atoms with E-state index in [1.165, 1.54) is 13.8 Å². The van der Waals surface area contributed by atoms with Crippen LogP contribution in [0.2, 0.25) is 0 Å². The van der Waals surface area contributed by atoms with E-state index in [1.807, 2.05) is 6.92 Å². The van der Waals surface area contributed by atoms with E-state index in [0.29, 0.717) is 29.5 Å². The van der Waals surface area contributed by atoms with E-state index < -0.39 is 69.4 Å². The predicted octanol–water partition coefficient (Wildman–Crippen LogP) is 3.40. The number of rotatable bonds is 7. The third kappa shape index (κ3) is 3.99. The molecule has 0 spiro atoms. The summed E-state index contributed by atoms with van der Waals surface area (Å²) in [7, 11) is 0. The smallest absolute Gasteiger partial charge is 0.309 e. The lowest BCUT2D eigenvalue weighted by atomic mass is 9.40. The Morgan fingerprint density at radius 1 is 1.15 bits per heavy atom. The number of aromatic hydroxyl groups is 1. The van der Waals surface area contributed by atoms with Gasteiger partial charge >= 0.3 is 5.97 Å². The van der Waals surface area contributed by atoms with Crippen LogP contribution >= 0.6 is 0 Å². The van der Waals surface area contributed by atoms with E-state index in [9.17, 15) is 39.3 Å². The lowest BCUT2D eigenvalue weighted by Crippen LogP contribution is -2.77. The molecule has 0 radical (unpaired) electrons. The van der Waals surface area contributed by atoms with Crippen molar-refractivity contribution in [1.82, 2.24) is 0 Å². The third-order valence-electron chi connectivity index (χ3n) is 10.2. The van der Waals surface area contributed by atoms with Crippen molar-refractivity contribution < 1.29 is 44.0 Å². The zero-order chi connectivity index (χ0) is 30.8. The lowest BCUT2D eigenvalue weighted by Gasteiger charge is -2.62. The summed E-state index contributed by atoms with van der Waals surface area (Å²) in [5, 5.41) is 35.3. The van der Waals surface area contributed by atoms with E-state index in [1.54, 1.807) is 39.8 Å². The van der Waals surface area contributed by atoms with Crippen molar-refractivity contribution in [3.63, 3.8) is 0 Å². The van der Waals surface area contributed by atoms with Crippen molar-refractivity contribution in [2.75, 3.05) is 6.61 Å². The molecule has 9 nitrogen and oxygen atoms in total. The fraction of sp³-hybridized carbons (Fsp3) is 0.594. The number of ether oxygens (including phenoxy) is 1. The standard InChI is InChI=1S/C32H40O9/c1-8-10-19(28(38)41-9-2)13-18-11-12-20-16(4)31(7)23(25(35)22(20)24(18)34)27(37)32(40)26(36)21(17(5)33)15(3)14-30(32,6)29(31)39/h11-12,16,19,23,29,34,39-40H,8-10,13-14H2,1-7H3. The second kappa shape index (κ2) is 10.3. The molecule has 3 aliphatic carbocycles. The molecule has 3 aliphatic rings. The highest BCUT2D eigenvalue weighted by Gasteiger charge is 2.76. The second-order valence-electron chi connectivity index (χ2n) is 12.5. The molecule has 7 unspecified atom stereocenters. The molecule has 1 saturated carbocycles. The monoisotopic (exact) mass is 568 g/mol. The van der Waals surface area contributed by atoms with Gasteiger partial charge in [-0.2, -0.15) is 0 Å². The Balaban J connectivity index is 1.88. The van der Waals surface area contributed by atoms with E-state index in [0.717, 1.165) is 0 Å². The Morgan fingerprint density at radius 2 is 1.78 bits per heavy atom. The first-order valence-corrected chi connectivity index (χ1v) is 14.3. The first-order chi connectivity index (χ1) is 19.0. The van der Waals surface area contributed by atoms with Crippen molar-refractivity contribution >= 4 is 29.1 Å². The number of benzene rings is 1. The Hall–Kier alpha value is -3.17. The van der Waals surface area contributed by atoms with Gasteiger partial charge in [0, 0.05) is 10.8 Å². The van der Waals surface area contributed by atoms with Gasteiger partial charge in [-0.05, 0) is 57.1 Å². The van der Waals surface area contributed by atoms with Gasteiger partial charge in [-0.1, -0.05) is 51.8 Å². The van der Waals surface area contributed by atoms with Gasteiger partial charge < -0.3 is 20.1 Å². The molecule has 0 aromatic heterocycles. The fourth-order valence-electron chi connectivity index (χ4n) is 7.86. The number of phenols is 1. The van der Waals surface area contributed by atoms with E-state index in [4.69, 9.17) is 4.74 Å². The van der Waals surface area contributed by atoms with Crippen LogP contribution in [0.5, 0.6) is 5.75 Å². The Morgan fingerprint density at radius 3 is 2.34 bits per heavy atom. The molecule has 3 N–H and O–H groups in total. The number of hydrogen-bond donors (Lipinski definition) is 3. The van der Waals surface area contributed by atoms with Gasteiger partial charge in [0.15, 0.2) is 23.0 Å². The van der Waals surface area contributed by atoms with Crippen molar-refractivity contribution in [1.29, 1.82) is 0 Å². The molecule has 41 heavy (non-hydrogen) atoms. The van der Waals surface area contributed by atoms with Crippen LogP contribution in [-0.2, 0) is 30.3 Å². The first kappa shape index (κ1) is 30.8. The van der Waals surface area contributed by atoms with Gasteiger partial charge in [0.2, 0.25) is 5.78 Å². The number of fused-ring (bicyclic) bond motifs is 3. The maximum atomic E-state index is 14.3. The SMILES string of the molecule is CCCC(Cc1ccc2c(c1O)C(=O)C1C(=O)C3(O)C(=O)C(C(C)=O)=C(C)CC3(C)C(O)C1(C)C2C)C(=O)OCC. The van der Waals surface area contributed by atoms with E-state index in [-0.39, 0.29) is 36.3 Å². The largest absolute Gasteiger partial charge is 0.507 e. The van der Waals surface area contributed by atoms with E-state index in [2.05, 4.69) is 0 Å². The van der Waals surface area contributed by atoms with Gasteiger partial charge in [0.1, 0.15) is 5.75 Å². The fourth-order valence-corrected chi connectivity index (χ4v) is 7.86. The molecule has 9 heteroatoms. The average Bonchev–Trinajstić information content (AvgIpc) is 2.89. The van der Waals surface area contributed by atoms with Crippen LogP contribution in [0, 0.1) is 22.7 Å². The van der Waals surface area contributed by atoms with Crippen LogP contribution in [0.25, 0.3) is 0 Å². The molecule has 0 aliphatic heterocycles. The molecule has 1 fully saturated rings.